The summed E-state index contributed by atoms with van der Waals surface area (Å²) in [4.78, 5) is 0. The highest BCUT2D eigenvalue weighted by Gasteiger charge is 2.41. The zero-order valence-corrected chi connectivity index (χ0v) is 12.7. The van der Waals surface area contributed by atoms with Crippen LogP contribution < -0.4 is 10.6 Å². The van der Waals surface area contributed by atoms with Gasteiger partial charge in [-0.3, -0.25) is 0 Å². The smallest absolute Gasteiger partial charge is 0.0195 e. The Morgan fingerprint density at radius 3 is 2.74 bits per heavy atom. The van der Waals surface area contributed by atoms with Gasteiger partial charge < -0.3 is 10.6 Å². The third kappa shape index (κ3) is 3.52. The zero-order valence-electron chi connectivity index (χ0n) is 12.7. The molecule has 0 spiro atoms. The molecule has 3 unspecified atom stereocenters. The SMILES string of the molecule is CCCC1(CNCC2CCC3CCCCC3N2)CC1. The number of nitrogens with one attached hydrogen (secondary N) is 2. The standard InChI is InChI=1S/C17H32N2/c1-2-9-17(10-11-17)13-18-12-15-8-7-14-5-3-4-6-16(14)19-15/h14-16,18-19H,2-13H2,1H3. The highest BCUT2D eigenvalue weighted by molar-refractivity contribution is 4.95. The zero-order chi connectivity index (χ0) is 13.1. The fourth-order valence-electron chi connectivity index (χ4n) is 4.47. The molecule has 3 atom stereocenters. The molecule has 0 aromatic carbocycles. The Kier molecular flexibility index (Phi) is 4.48. The largest absolute Gasteiger partial charge is 0.315 e. The van der Waals surface area contributed by atoms with Gasteiger partial charge in [-0.2, -0.15) is 0 Å². The second-order valence-electron chi connectivity index (χ2n) is 7.47. The fraction of sp³-hybridized carbons (Fsp3) is 1.00. The Labute approximate surface area is 119 Å². The Balaban J connectivity index is 1.37. The predicted molar refractivity (Wildman–Crippen MR) is 81.3 cm³/mol. The van der Waals surface area contributed by atoms with Crippen LogP contribution in [0.3, 0.4) is 0 Å². The van der Waals surface area contributed by atoms with E-state index < -0.39 is 0 Å². The Morgan fingerprint density at radius 2 is 1.95 bits per heavy atom. The molecule has 1 heterocycles. The number of hydrogen-bond donors (Lipinski definition) is 2. The van der Waals surface area contributed by atoms with Crippen molar-refractivity contribution in [2.75, 3.05) is 13.1 Å². The van der Waals surface area contributed by atoms with Crippen LogP contribution in [-0.4, -0.2) is 25.2 Å². The summed E-state index contributed by atoms with van der Waals surface area (Å²) in [7, 11) is 0. The van der Waals surface area contributed by atoms with Crippen molar-refractivity contribution in [3.8, 4) is 0 Å². The summed E-state index contributed by atoms with van der Waals surface area (Å²) in [5.41, 5.74) is 0.705. The van der Waals surface area contributed by atoms with E-state index in [0.717, 1.165) is 18.0 Å². The Bertz CT molecular complexity index is 285. The van der Waals surface area contributed by atoms with Crippen molar-refractivity contribution in [1.82, 2.24) is 10.6 Å². The summed E-state index contributed by atoms with van der Waals surface area (Å²) in [5.74, 6) is 1.000. The minimum absolute atomic E-state index is 0.705. The fourth-order valence-corrected chi connectivity index (χ4v) is 4.47. The molecule has 0 aromatic heterocycles. The summed E-state index contributed by atoms with van der Waals surface area (Å²) in [6, 6.07) is 1.59. The molecule has 2 saturated carbocycles. The Morgan fingerprint density at radius 1 is 1.11 bits per heavy atom. The highest BCUT2D eigenvalue weighted by atomic mass is 15.0. The maximum absolute atomic E-state index is 3.93. The summed E-state index contributed by atoms with van der Waals surface area (Å²) >= 11 is 0. The first-order chi connectivity index (χ1) is 9.31. The molecule has 2 aliphatic carbocycles. The minimum Gasteiger partial charge on any atom is -0.315 e. The summed E-state index contributed by atoms with van der Waals surface area (Å²) in [5, 5.41) is 7.71. The van der Waals surface area contributed by atoms with Gasteiger partial charge in [0.05, 0.1) is 0 Å². The molecule has 0 aromatic rings. The molecule has 110 valence electrons. The average molecular weight is 264 g/mol. The van der Waals surface area contributed by atoms with Crippen LogP contribution in [0.4, 0.5) is 0 Å². The first kappa shape index (κ1) is 13.9. The molecule has 19 heavy (non-hydrogen) atoms. The van der Waals surface area contributed by atoms with Crippen molar-refractivity contribution in [3.05, 3.63) is 0 Å². The van der Waals surface area contributed by atoms with Gasteiger partial charge in [0.25, 0.3) is 0 Å². The van der Waals surface area contributed by atoms with E-state index in [4.69, 9.17) is 0 Å². The number of piperidine rings is 1. The van der Waals surface area contributed by atoms with Gasteiger partial charge in [-0.1, -0.05) is 26.2 Å². The molecular formula is C17H32N2. The average Bonchev–Trinajstić information content (AvgIpc) is 3.19. The highest BCUT2D eigenvalue weighted by Crippen LogP contribution is 2.48. The molecule has 3 rings (SSSR count). The molecule has 1 saturated heterocycles. The Hall–Kier alpha value is -0.0800. The van der Waals surface area contributed by atoms with Gasteiger partial charge in [0.15, 0.2) is 0 Å². The molecule has 2 N–H and O–H groups in total. The second kappa shape index (κ2) is 6.13. The molecule has 3 aliphatic rings. The van der Waals surface area contributed by atoms with Gasteiger partial charge in [-0.15, -0.1) is 0 Å². The predicted octanol–water partition coefficient (Wildman–Crippen LogP) is 3.47. The number of hydrogen-bond acceptors (Lipinski definition) is 2. The lowest BCUT2D eigenvalue weighted by Gasteiger charge is -2.40. The van der Waals surface area contributed by atoms with Gasteiger partial charge in [0, 0.05) is 25.2 Å². The van der Waals surface area contributed by atoms with Crippen molar-refractivity contribution in [2.45, 2.75) is 83.2 Å². The van der Waals surface area contributed by atoms with Crippen LogP contribution in [0.1, 0.15) is 71.1 Å². The summed E-state index contributed by atoms with van der Waals surface area (Å²) in [6.45, 7) is 4.80. The van der Waals surface area contributed by atoms with Crippen molar-refractivity contribution < 1.29 is 0 Å². The minimum atomic E-state index is 0.705. The number of fused-ring (bicyclic) bond motifs is 1. The topological polar surface area (TPSA) is 24.1 Å². The third-order valence-corrected chi connectivity index (χ3v) is 5.87. The van der Waals surface area contributed by atoms with Crippen LogP contribution in [0.2, 0.25) is 0 Å². The first-order valence-electron chi connectivity index (χ1n) is 8.78. The van der Waals surface area contributed by atoms with E-state index in [9.17, 15) is 0 Å². The van der Waals surface area contributed by atoms with Crippen LogP contribution in [0.15, 0.2) is 0 Å². The van der Waals surface area contributed by atoms with Crippen LogP contribution in [0, 0.1) is 11.3 Å². The summed E-state index contributed by atoms with van der Waals surface area (Å²) in [6.07, 6.45) is 14.4. The quantitative estimate of drug-likeness (QED) is 0.767. The first-order valence-corrected chi connectivity index (χ1v) is 8.78. The van der Waals surface area contributed by atoms with Gasteiger partial charge in [0.2, 0.25) is 0 Å². The molecule has 0 radical (unpaired) electrons. The lowest BCUT2D eigenvalue weighted by Crippen LogP contribution is -2.52. The normalized spacial score (nSPS) is 36.8. The lowest BCUT2D eigenvalue weighted by molar-refractivity contribution is 0.173. The molecule has 2 nitrogen and oxygen atoms in total. The van der Waals surface area contributed by atoms with Crippen molar-refractivity contribution in [1.29, 1.82) is 0 Å². The van der Waals surface area contributed by atoms with E-state index >= 15 is 0 Å². The van der Waals surface area contributed by atoms with E-state index in [1.54, 1.807) is 0 Å². The van der Waals surface area contributed by atoms with Crippen LogP contribution in [-0.2, 0) is 0 Å². The van der Waals surface area contributed by atoms with Gasteiger partial charge >= 0.3 is 0 Å². The maximum atomic E-state index is 3.93. The summed E-state index contributed by atoms with van der Waals surface area (Å²) < 4.78 is 0. The van der Waals surface area contributed by atoms with E-state index in [2.05, 4.69) is 17.6 Å². The van der Waals surface area contributed by atoms with E-state index in [1.807, 2.05) is 0 Å². The molecule has 0 amide bonds. The van der Waals surface area contributed by atoms with Gasteiger partial charge in [-0.25, -0.2) is 0 Å². The van der Waals surface area contributed by atoms with Crippen LogP contribution in [0.25, 0.3) is 0 Å². The maximum Gasteiger partial charge on any atom is 0.0195 e. The number of rotatable bonds is 6. The third-order valence-electron chi connectivity index (χ3n) is 5.87. The molecular weight excluding hydrogens is 232 g/mol. The monoisotopic (exact) mass is 264 g/mol. The van der Waals surface area contributed by atoms with E-state index in [1.165, 1.54) is 77.3 Å². The van der Waals surface area contributed by atoms with E-state index in [0.29, 0.717) is 5.41 Å². The molecule has 2 heteroatoms. The molecule has 1 aliphatic heterocycles. The molecule has 0 bridgehead atoms. The van der Waals surface area contributed by atoms with Gasteiger partial charge in [-0.05, 0) is 56.3 Å². The lowest BCUT2D eigenvalue weighted by atomic mass is 9.78. The van der Waals surface area contributed by atoms with Crippen molar-refractivity contribution >= 4 is 0 Å². The van der Waals surface area contributed by atoms with Crippen LogP contribution >= 0.6 is 0 Å². The van der Waals surface area contributed by atoms with Crippen molar-refractivity contribution in [2.24, 2.45) is 11.3 Å². The van der Waals surface area contributed by atoms with Crippen LogP contribution in [0.5, 0.6) is 0 Å². The van der Waals surface area contributed by atoms with E-state index in [-0.39, 0.29) is 0 Å². The van der Waals surface area contributed by atoms with Gasteiger partial charge in [0.1, 0.15) is 0 Å². The second-order valence-corrected chi connectivity index (χ2v) is 7.47. The van der Waals surface area contributed by atoms with Crippen molar-refractivity contribution in [3.63, 3.8) is 0 Å². The molecule has 3 fully saturated rings.